The summed E-state index contributed by atoms with van der Waals surface area (Å²) >= 11 is 0. The van der Waals surface area contributed by atoms with Crippen LogP contribution in [0.5, 0.6) is 0 Å². The van der Waals surface area contributed by atoms with Crippen LogP contribution in [0.1, 0.15) is 271 Å². The lowest BCUT2D eigenvalue weighted by Crippen LogP contribution is -2.37. The van der Waals surface area contributed by atoms with Crippen LogP contribution in [0.4, 0.5) is 0 Å². The number of carbonyl (C=O) groups excluding carboxylic acids is 2. The summed E-state index contributed by atoms with van der Waals surface area (Å²) in [7, 11) is 1.14. The molecule has 0 amide bonds. The number of quaternary nitrogens is 1. The fourth-order valence-electron chi connectivity index (χ4n) is 9.42. The minimum Gasteiger partial charge on any atom is -0.756 e. The number of phosphoric ester groups is 1. The maximum atomic E-state index is 12.9. The van der Waals surface area contributed by atoms with Crippen molar-refractivity contribution < 1.29 is 42.1 Å². The molecule has 0 aliphatic rings. The summed E-state index contributed by atoms with van der Waals surface area (Å²) in [5, 5.41) is 0. The Morgan fingerprint density at radius 2 is 0.587 bits per heavy atom. The Kier molecular flexibility index (Phi) is 66.7. The topological polar surface area (TPSA) is 111 Å². The molecule has 520 valence electrons. The normalized spacial score (nSPS) is 14.2. The highest BCUT2D eigenvalue weighted by Crippen LogP contribution is 2.38. The van der Waals surface area contributed by atoms with Crippen LogP contribution in [0.15, 0.2) is 182 Å². The van der Waals surface area contributed by atoms with Crippen molar-refractivity contribution in [1.82, 2.24) is 0 Å². The van der Waals surface area contributed by atoms with Crippen molar-refractivity contribution in [3.8, 4) is 0 Å². The predicted molar refractivity (Wildman–Crippen MR) is 396 cm³/mol. The molecule has 0 saturated heterocycles. The van der Waals surface area contributed by atoms with Gasteiger partial charge in [-0.1, -0.05) is 305 Å². The van der Waals surface area contributed by atoms with Gasteiger partial charge in [-0.15, -0.1) is 0 Å². The lowest BCUT2D eigenvalue weighted by molar-refractivity contribution is -0.870. The third-order valence-electron chi connectivity index (χ3n) is 14.9. The van der Waals surface area contributed by atoms with E-state index < -0.39 is 32.5 Å². The van der Waals surface area contributed by atoms with E-state index in [-0.39, 0.29) is 26.1 Å². The second-order valence-corrected chi connectivity index (χ2v) is 26.2. The van der Waals surface area contributed by atoms with Gasteiger partial charge in [0.15, 0.2) is 6.10 Å². The number of nitrogens with zero attached hydrogens (tertiary/aromatic N) is 1. The zero-order valence-electron chi connectivity index (χ0n) is 59.2. The molecule has 9 nitrogen and oxygen atoms in total. The Hall–Kier alpha value is -4.89. The van der Waals surface area contributed by atoms with Gasteiger partial charge in [-0.05, 0) is 135 Å². The summed E-state index contributed by atoms with van der Waals surface area (Å²) in [5.41, 5.74) is 0. The van der Waals surface area contributed by atoms with E-state index in [9.17, 15) is 19.0 Å². The first-order valence-electron chi connectivity index (χ1n) is 36.5. The smallest absolute Gasteiger partial charge is 0.306 e. The summed E-state index contributed by atoms with van der Waals surface area (Å²) in [6.45, 7) is 3.99. The molecule has 0 heterocycles. The average Bonchev–Trinajstić information content (AvgIpc) is 2.14. The molecule has 0 bridgehead atoms. The van der Waals surface area contributed by atoms with Crippen molar-refractivity contribution in [2.45, 2.75) is 277 Å². The monoisotopic (exact) mass is 1290 g/mol. The summed E-state index contributed by atoms with van der Waals surface area (Å²) in [6.07, 6.45) is 108. The highest BCUT2D eigenvalue weighted by Gasteiger charge is 2.22. The SMILES string of the molecule is CC/C=C\C/C=C\C/C=C\C/C=C\C/C=C\C/C=C\C/C=C\C/C=C\CCCCCCCCC(=O)OC(COC(=O)CCCCCCCCCCCCCCCCC/C=C\C/C=C\C/C=C\C/C=C\C/C=C\C/C=C\C/C=C\CC)COP(=O)([O-])OCC[N+](C)(C)C. The molecule has 2 atom stereocenters. The van der Waals surface area contributed by atoms with Gasteiger partial charge in [-0.3, -0.25) is 14.2 Å². The number of carbonyl (C=O) groups is 2. The van der Waals surface area contributed by atoms with Crippen LogP contribution in [-0.4, -0.2) is 70.0 Å². The van der Waals surface area contributed by atoms with Gasteiger partial charge < -0.3 is 27.9 Å². The molecule has 0 spiro atoms. The molecule has 0 radical (unpaired) electrons. The summed E-state index contributed by atoms with van der Waals surface area (Å²) < 4.78 is 34.3. The number of hydrogen-bond acceptors (Lipinski definition) is 8. The van der Waals surface area contributed by atoms with Crippen LogP contribution < -0.4 is 4.89 Å². The Morgan fingerprint density at radius 3 is 0.870 bits per heavy atom. The molecule has 0 rings (SSSR count). The number of esters is 2. The van der Waals surface area contributed by atoms with E-state index in [2.05, 4.69) is 196 Å². The second kappa shape index (κ2) is 70.4. The first-order chi connectivity index (χ1) is 45.0. The first kappa shape index (κ1) is 87.1. The van der Waals surface area contributed by atoms with Crippen LogP contribution in [0, 0.1) is 0 Å². The molecule has 0 aromatic heterocycles. The van der Waals surface area contributed by atoms with Gasteiger partial charge in [0, 0.05) is 12.8 Å². The molecule has 2 unspecified atom stereocenters. The number of allylic oxidation sites excluding steroid dienone is 30. The second-order valence-electron chi connectivity index (χ2n) is 24.8. The fourth-order valence-corrected chi connectivity index (χ4v) is 10.1. The molecule has 0 aromatic carbocycles. The number of phosphoric acid groups is 1. The number of rotatable bonds is 65. The number of hydrogen-bond donors (Lipinski definition) is 0. The maximum Gasteiger partial charge on any atom is 0.306 e. The molecular weight excluding hydrogens is 1160 g/mol. The van der Waals surface area contributed by atoms with Crippen LogP contribution in [0.3, 0.4) is 0 Å². The van der Waals surface area contributed by atoms with E-state index in [4.69, 9.17) is 18.5 Å². The van der Waals surface area contributed by atoms with Crippen LogP contribution in [-0.2, 0) is 32.7 Å². The van der Waals surface area contributed by atoms with Crippen molar-refractivity contribution in [1.29, 1.82) is 0 Å². The molecule has 92 heavy (non-hydrogen) atoms. The lowest BCUT2D eigenvalue weighted by Gasteiger charge is -2.28. The zero-order chi connectivity index (χ0) is 66.9. The first-order valence-corrected chi connectivity index (χ1v) is 38.0. The molecule has 0 aliphatic carbocycles. The van der Waals surface area contributed by atoms with Crippen molar-refractivity contribution in [3.05, 3.63) is 182 Å². The van der Waals surface area contributed by atoms with E-state index in [1.807, 2.05) is 21.1 Å². The summed E-state index contributed by atoms with van der Waals surface area (Å²) in [5.74, 6) is -0.858. The molecule has 0 saturated carbocycles. The van der Waals surface area contributed by atoms with Gasteiger partial charge in [0.1, 0.15) is 19.8 Å². The van der Waals surface area contributed by atoms with E-state index >= 15 is 0 Å². The van der Waals surface area contributed by atoms with Gasteiger partial charge >= 0.3 is 11.9 Å². The van der Waals surface area contributed by atoms with Crippen molar-refractivity contribution in [3.63, 3.8) is 0 Å². The minimum absolute atomic E-state index is 0.0428. The molecule has 10 heteroatoms. The van der Waals surface area contributed by atoms with Crippen LogP contribution in [0.2, 0.25) is 0 Å². The maximum absolute atomic E-state index is 12.9. The molecule has 0 aliphatic heterocycles. The van der Waals surface area contributed by atoms with Crippen molar-refractivity contribution in [2.75, 3.05) is 47.5 Å². The largest absolute Gasteiger partial charge is 0.756 e. The fraction of sp³-hybridized carbons (Fsp3) is 0.610. The van der Waals surface area contributed by atoms with E-state index in [1.54, 1.807) is 0 Å². The Morgan fingerprint density at radius 1 is 0.337 bits per heavy atom. The van der Waals surface area contributed by atoms with Gasteiger partial charge in [0.2, 0.25) is 0 Å². The molecule has 0 aromatic rings. The zero-order valence-corrected chi connectivity index (χ0v) is 60.1. The van der Waals surface area contributed by atoms with Crippen LogP contribution >= 0.6 is 7.82 Å². The molecule has 0 N–H and O–H groups in total. The van der Waals surface area contributed by atoms with Crippen molar-refractivity contribution in [2.24, 2.45) is 0 Å². The number of ether oxygens (including phenoxy) is 2. The molecule has 0 fully saturated rings. The lowest BCUT2D eigenvalue weighted by atomic mass is 10.0. The molecular formula is C82H134NO8P. The Labute approximate surface area is 565 Å². The van der Waals surface area contributed by atoms with E-state index in [0.717, 1.165) is 161 Å². The summed E-state index contributed by atoms with van der Waals surface area (Å²) in [4.78, 5) is 38.1. The van der Waals surface area contributed by atoms with Gasteiger partial charge in [-0.25, -0.2) is 0 Å². The predicted octanol–water partition coefficient (Wildman–Crippen LogP) is 23.6. The van der Waals surface area contributed by atoms with E-state index in [1.165, 1.54) is 77.0 Å². The van der Waals surface area contributed by atoms with Gasteiger partial charge in [-0.2, -0.15) is 0 Å². The third kappa shape index (κ3) is 74.2. The van der Waals surface area contributed by atoms with Crippen LogP contribution in [0.25, 0.3) is 0 Å². The van der Waals surface area contributed by atoms with Gasteiger partial charge in [0.05, 0.1) is 27.7 Å². The Bertz CT molecular complexity index is 2210. The average molecular weight is 1290 g/mol. The summed E-state index contributed by atoms with van der Waals surface area (Å²) in [6, 6.07) is 0. The third-order valence-corrected chi connectivity index (χ3v) is 15.9. The Balaban J connectivity index is 4.11. The number of unbranched alkanes of at least 4 members (excludes halogenated alkanes) is 21. The minimum atomic E-state index is -4.66. The van der Waals surface area contributed by atoms with Gasteiger partial charge in [0.25, 0.3) is 7.82 Å². The highest BCUT2D eigenvalue weighted by atomic mass is 31.2. The number of likely N-dealkylation sites (N-methyl/N-ethyl adjacent to an activating group) is 1. The van der Waals surface area contributed by atoms with E-state index in [0.29, 0.717) is 17.4 Å². The standard InChI is InChI=1S/C82H134NO8P/c1-6-8-10-12-14-16-18-20-22-24-26-28-30-32-34-36-38-39-40-41-42-43-45-46-48-50-52-54-56-58-60-62-64-66-68-70-72-74-81(84)88-78-80(79-90-92(86,87)89-77-76-83(3,4)5)91-82(85)75-73-71-69-67-65-63-61-59-57-55-53-51-49-47-44-37-35-33-31-29-27-25-23-21-19-17-15-13-11-9-7-2/h8-11,14-17,20-23,26-29,32-35,38-39,41-42,44,47,51,53,57,59,80H,6-7,12-13,18-19,24-25,30-31,36-37,40,43,45-46,48-50,52,54-56,58,60-79H2,1-5H3/b10-8-,11-9-,16-14-,17-15-,22-20-,23-21-,28-26-,29-27-,34-32-,35-33-,39-38-,42-41-,47-44-,53-51-,59-57-. The quantitative estimate of drug-likeness (QED) is 0.0195. The van der Waals surface area contributed by atoms with Crippen molar-refractivity contribution >= 4 is 19.8 Å². The highest BCUT2D eigenvalue weighted by molar-refractivity contribution is 7.45.